The van der Waals surface area contributed by atoms with E-state index in [1.54, 1.807) is 25.2 Å². The van der Waals surface area contributed by atoms with Crippen LogP contribution in [0.3, 0.4) is 0 Å². The van der Waals surface area contributed by atoms with Crippen molar-refractivity contribution in [1.82, 2.24) is 15.2 Å². The molecule has 0 saturated heterocycles. The van der Waals surface area contributed by atoms with Crippen molar-refractivity contribution < 1.29 is 4.79 Å². The lowest BCUT2D eigenvalue weighted by Gasteiger charge is -2.14. The van der Waals surface area contributed by atoms with Gasteiger partial charge in [0.05, 0.1) is 5.69 Å². The van der Waals surface area contributed by atoms with Crippen LogP contribution in [0.1, 0.15) is 31.5 Å². The summed E-state index contributed by atoms with van der Waals surface area (Å²) >= 11 is 0. The standard InChI is InChI=1S/C13H21N3O/c1-11(12-7-4-5-9-15-12)14-10-6-8-13(17)16(2)3/h4-5,7,9,11,14H,6,8,10H2,1-3H3/t11-/m1/s1. The smallest absolute Gasteiger partial charge is 0.222 e. The summed E-state index contributed by atoms with van der Waals surface area (Å²) in [5, 5.41) is 3.36. The van der Waals surface area contributed by atoms with Gasteiger partial charge in [-0.05, 0) is 32.0 Å². The number of amides is 1. The molecule has 1 aromatic heterocycles. The number of rotatable bonds is 6. The van der Waals surface area contributed by atoms with Gasteiger partial charge in [-0.15, -0.1) is 0 Å². The van der Waals surface area contributed by atoms with Crippen LogP contribution >= 0.6 is 0 Å². The molecule has 1 aromatic rings. The van der Waals surface area contributed by atoms with Gasteiger partial charge < -0.3 is 10.2 Å². The molecule has 0 unspecified atom stereocenters. The molecule has 1 atom stereocenters. The number of pyridine rings is 1. The van der Waals surface area contributed by atoms with Crippen LogP contribution in [0.15, 0.2) is 24.4 Å². The van der Waals surface area contributed by atoms with Crippen molar-refractivity contribution in [3.8, 4) is 0 Å². The fourth-order valence-corrected chi connectivity index (χ4v) is 1.52. The highest BCUT2D eigenvalue weighted by Gasteiger charge is 2.06. The summed E-state index contributed by atoms with van der Waals surface area (Å²) in [6.45, 7) is 2.91. The van der Waals surface area contributed by atoms with Gasteiger partial charge in [0.2, 0.25) is 5.91 Å². The third-order valence-electron chi connectivity index (χ3n) is 2.65. The lowest BCUT2D eigenvalue weighted by atomic mass is 10.2. The Hall–Kier alpha value is -1.42. The molecule has 4 heteroatoms. The molecule has 0 fully saturated rings. The SMILES string of the molecule is C[C@@H](NCCCC(=O)N(C)C)c1ccccn1. The van der Waals surface area contributed by atoms with E-state index in [0.717, 1.165) is 18.7 Å². The van der Waals surface area contributed by atoms with Crippen LogP contribution < -0.4 is 5.32 Å². The average molecular weight is 235 g/mol. The minimum absolute atomic E-state index is 0.178. The van der Waals surface area contributed by atoms with Crippen molar-refractivity contribution in [2.24, 2.45) is 0 Å². The van der Waals surface area contributed by atoms with E-state index >= 15 is 0 Å². The Labute approximate surface area is 103 Å². The molecule has 0 bridgehead atoms. The summed E-state index contributed by atoms with van der Waals surface area (Å²) < 4.78 is 0. The van der Waals surface area contributed by atoms with E-state index < -0.39 is 0 Å². The van der Waals surface area contributed by atoms with E-state index in [0.29, 0.717) is 6.42 Å². The predicted octanol–water partition coefficient (Wildman–Crippen LogP) is 1.60. The number of nitrogens with zero attached hydrogens (tertiary/aromatic N) is 2. The monoisotopic (exact) mass is 235 g/mol. The van der Waals surface area contributed by atoms with Crippen molar-refractivity contribution in [1.29, 1.82) is 0 Å². The van der Waals surface area contributed by atoms with E-state index in [1.165, 1.54) is 0 Å². The second-order valence-corrected chi connectivity index (χ2v) is 4.32. The fourth-order valence-electron chi connectivity index (χ4n) is 1.52. The van der Waals surface area contributed by atoms with Gasteiger partial charge in [0.15, 0.2) is 0 Å². The number of hydrogen-bond donors (Lipinski definition) is 1. The van der Waals surface area contributed by atoms with Gasteiger partial charge in [0.1, 0.15) is 0 Å². The second kappa shape index (κ2) is 7.01. The van der Waals surface area contributed by atoms with Crippen LogP contribution in [0.5, 0.6) is 0 Å². The molecule has 0 aromatic carbocycles. The first-order valence-electron chi connectivity index (χ1n) is 5.95. The molecule has 0 aliphatic heterocycles. The Morgan fingerprint density at radius 2 is 2.24 bits per heavy atom. The van der Waals surface area contributed by atoms with Crippen molar-refractivity contribution in [2.45, 2.75) is 25.8 Å². The Kier molecular flexibility index (Phi) is 5.63. The van der Waals surface area contributed by atoms with Crippen molar-refractivity contribution in [3.63, 3.8) is 0 Å². The minimum atomic E-state index is 0.178. The van der Waals surface area contributed by atoms with Crippen molar-refractivity contribution in [2.75, 3.05) is 20.6 Å². The molecule has 4 nitrogen and oxygen atoms in total. The molecule has 0 aliphatic carbocycles. The summed E-state index contributed by atoms with van der Waals surface area (Å²) in [5.41, 5.74) is 1.03. The molecular formula is C13H21N3O. The van der Waals surface area contributed by atoms with Crippen LogP contribution in [-0.4, -0.2) is 36.4 Å². The zero-order valence-electron chi connectivity index (χ0n) is 10.8. The lowest BCUT2D eigenvalue weighted by Crippen LogP contribution is -2.25. The maximum absolute atomic E-state index is 11.3. The number of hydrogen-bond acceptors (Lipinski definition) is 3. The number of carbonyl (C=O) groups is 1. The Balaban J connectivity index is 2.21. The molecule has 1 rings (SSSR count). The second-order valence-electron chi connectivity index (χ2n) is 4.32. The van der Waals surface area contributed by atoms with Crippen LogP contribution in [0.4, 0.5) is 0 Å². The zero-order chi connectivity index (χ0) is 12.7. The summed E-state index contributed by atoms with van der Waals surface area (Å²) in [4.78, 5) is 17.3. The molecule has 1 N–H and O–H groups in total. The van der Waals surface area contributed by atoms with Gasteiger partial charge in [-0.2, -0.15) is 0 Å². The van der Waals surface area contributed by atoms with Crippen LogP contribution in [0, 0.1) is 0 Å². The molecule has 0 aliphatic rings. The third kappa shape index (κ3) is 4.95. The Morgan fingerprint density at radius 1 is 1.47 bits per heavy atom. The zero-order valence-corrected chi connectivity index (χ0v) is 10.8. The Morgan fingerprint density at radius 3 is 2.82 bits per heavy atom. The predicted molar refractivity (Wildman–Crippen MR) is 68.6 cm³/mol. The van der Waals surface area contributed by atoms with Gasteiger partial charge in [-0.1, -0.05) is 6.07 Å². The summed E-state index contributed by atoms with van der Waals surface area (Å²) in [6.07, 6.45) is 3.24. The maximum Gasteiger partial charge on any atom is 0.222 e. The van der Waals surface area contributed by atoms with Crippen molar-refractivity contribution >= 4 is 5.91 Å². The molecule has 1 amide bonds. The van der Waals surface area contributed by atoms with Gasteiger partial charge in [0, 0.05) is 32.8 Å². The van der Waals surface area contributed by atoms with Gasteiger partial charge in [0.25, 0.3) is 0 Å². The highest BCUT2D eigenvalue weighted by molar-refractivity contribution is 5.75. The number of nitrogens with one attached hydrogen (secondary N) is 1. The maximum atomic E-state index is 11.3. The summed E-state index contributed by atoms with van der Waals surface area (Å²) in [6, 6.07) is 6.12. The van der Waals surface area contributed by atoms with E-state index in [9.17, 15) is 4.79 Å². The van der Waals surface area contributed by atoms with Crippen LogP contribution in [-0.2, 0) is 4.79 Å². The van der Waals surface area contributed by atoms with E-state index in [2.05, 4.69) is 17.2 Å². The first-order chi connectivity index (χ1) is 8.11. The normalized spacial score (nSPS) is 12.2. The van der Waals surface area contributed by atoms with E-state index in [4.69, 9.17) is 0 Å². The van der Waals surface area contributed by atoms with Gasteiger partial charge in [-0.25, -0.2) is 0 Å². The molecular weight excluding hydrogens is 214 g/mol. The third-order valence-corrected chi connectivity index (χ3v) is 2.65. The number of aromatic nitrogens is 1. The van der Waals surface area contributed by atoms with Gasteiger partial charge >= 0.3 is 0 Å². The molecule has 94 valence electrons. The minimum Gasteiger partial charge on any atom is -0.349 e. The van der Waals surface area contributed by atoms with Gasteiger partial charge in [-0.3, -0.25) is 9.78 Å². The molecule has 0 saturated carbocycles. The first-order valence-corrected chi connectivity index (χ1v) is 5.95. The van der Waals surface area contributed by atoms with E-state index in [1.807, 2.05) is 18.2 Å². The molecule has 1 heterocycles. The molecule has 17 heavy (non-hydrogen) atoms. The highest BCUT2D eigenvalue weighted by Crippen LogP contribution is 2.07. The lowest BCUT2D eigenvalue weighted by molar-refractivity contribution is -0.128. The molecule has 0 radical (unpaired) electrons. The van der Waals surface area contributed by atoms with Crippen molar-refractivity contribution in [3.05, 3.63) is 30.1 Å². The van der Waals surface area contributed by atoms with Crippen LogP contribution in [0.25, 0.3) is 0 Å². The molecule has 0 spiro atoms. The average Bonchev–Trinajstić information content (AvgIpc) is 2.35. The quantitative estimate of drug-likeness (QED) is 0.762. The Bertz CT molecular complexity index is 338. The first kappa shape index (κ1) is 13.6. The largest absolute Gasteiger partial charge is 0.349 e. The fraction of sp³-hybridized carbons (Fsp3) is 0.538. The summed E-state index contributed by atoms with van der Waals surface area (Å²) in [5.74, 6) is 0.178. The topological polar surface area (TPSA) is 45.2 Å². The highest BCUT2D eigenvalue weighted by atomic mass is 16.2. The van der Waals surface area contributed by atoms with Crippen LogP contribution in [0.2, 0.25) is 0 Å². The van der Waals surface area contributed by atoms with E-state index in [-0.39, 0.29) is 11.9 Å². The summed E-state index contributed by atoms with van der Waals surface area (Å²) in [7, 11) is 3.57. The number of carbonyl (C=O) groups excluding carboxylic acids is 1.